The summed E-state index contributed by atoms with van der Waals surface area (Å²) in [6, 6.07) is 0. The molecule has 0 spiro atoms. The van der Waals surface area contributed by atoms with Crippen LogP contribution in [-0.4, -0.2) is 35.8 Å². The third-order valence-corrected chi connectivity index (χ3v) is 2.51. The zero-order valence-corrected chi connectivity index (χ0v) is 10.2. The summed E-state index contributed by atoms with van der Waals surface area (Å²) in [6.45, 7) is 4.32. The van der Waals surface area contributed by atoms with Gasteiger partial charge in [0.2, 0.25) is 0 Å². The van der Waals surface area contributed by atoms with Crippen LogP contribution >= 0.6 is 11.6 Å². The lowest BCUT2D eigenvalue weighted by Crippen LogP contribution is -2.49. The van der Waals surface area contributed by atoms with Crippen LogP contribution in [0.25, 0.3) is 0 Å². The van der Waals surface area contributed by atoms with E-state index in [9.17, 15) is 9.59 Å². The summed E-state index contributed by atoms with van der Waals surface area (Å²) in [7, 11) is 0. The highest BCUT2D eigenvalue weighted by molar-refractivity contribution is 6.19. The first-order valence-electron chi connectivity index (χ1n) is 5.04. The van der Waals surface area contributed by atoms with Gasteiger partial charge < -0.3 is 14.2 Å². The molecule has 0 N–H and O–H groups in total. The minimum atomic E-state index is -0.601. The second-order valence-electron chi connectivity index (χ2n) is 3.71. The standard InChI is InChI=1S/C10H15ClO5/c1-5-10(16-7(3)13)8(15-6(2)12)4-9(11)14-5/h5,8-10H,4H2,1-3H3/t5-,8-,9?,10-/m0/s1. The van der Waals surface area contributed by atoms with Gasteiger partial charge in [0.15, 0.2) is 6.10 Å². The average Bonchev–Trinajstić information content (AvgIpc) is 2.09. The monoisotopic (exact) mass is 250 g/mol. The van der Waals surface area contributed by atoms with Crippen LogP contribution in [0.3, 0.4) is 0 Å². The number of carbonyl (C=O) groups excluding carboxylic acids is 2. The molecule has 0 bridgehead atoms. The van der Waals surface area contributed by atoms with E-state index in [0.717, 1.165) is 0 Å². The van der Waals surface area contributed by atoms with Crippen LogP contribution in [0.5, 0.6) is 0 Å². The van der Waals surface area contributed by atoms with Crippen LogP contribution in [0.2, 0.25) is 0 Å². The Balaban J connectivity index is 2.71. The summed E-state index contributed by atoms with van der Waals surface area (Å²) in [5.74, 6) is -0.870. The fraction of sp³-hybridized carbons (Fsp3) is 0.800. The van der Waals surface area contributed by atoms with E-state index in [2.05, 4.69) is 0 Å². The lowest BCUT2D eigenvalue weighted by Gasteiger charge is -2.37. The number of halogens is 1. The van der Waals surface area contributed by atoms with Gasteiger partial charge in [-0.05, 0) is 6.92 Å². The number of carbonyl (C=O) groups is 2. The van der Waals surface area contributed by atoms with Gasteiger partial charge in [-0.3, -0.25) is 9.59 Å². The van der Waals surface area contributed by atoms with Gasteiger partial charge in [0.1, 0.15) is 11.7 Å². The summed E-state index contributed by atoms with van der Waals surface area (Å²) in [5.41, 5.74) is -0.536. The van der Waals surface area contributed by atoms with E-state index in [1.165, 1.54) is 13.8 Å². The SMILES string of the molecule is CC(=O)O[C@H]1[C@H](C)OC(Cl)C[C@@H]1OC(C)=O. The van der Waals surface area contributed by atoms with Crippen LogP contribution in [0, 0.1) is 0 Å². The van der Waals surface area contributed by atoms with E-state index < -0.39 is 35.8 Å². The molecule has 1 saturated heterocycles. The van der Waals surface area contributed by atoms with Crippen molar-refractivity contribution in [2.45, 2.75) is 51.1 Å². The van der Waals surface area contributed by atoms with Crippen LogP contribution in [0.15, 0.2) is 0 Å². The largest absolute Gasteiger partial charge is 0.458 e. The van der Waals surface area contributed by atoms with Crippen molar-refractivity contribution in [2.24, 2.45) is 0 Å². The molecule has 0 saturated carbocycles. The molecule has 0 aliphatic carbocycles. The highest BCUT2D eigenvalue weighted by Crippen LogP contribution is 2.27. The molecule has 0 amide bonds. The fourth-order valence-corrected chi connectivity index (χ4v) is 2.01. The van der Waals surface area contributed by atoms with E-state index in [4.69, 9.17) is 25.8 Å². The van der Waals surface area contributed by atoms with Gasteiger partial charge in [-0.1, -0.05) is 11.6 Å². The van der Waals surface area contributed by atoms with Crippen molar-refractivity contribution in [1.82, 2.24) is 0 Å². The molecule has 1 rings (SSSR count). The van der Waals surface area contributed by atoms with E-state index in [0.29, 0.717) is 6.42 Å². The maximum Gasteiger partial charge on any atom is 0.303 e. The molecule has 1 unspecified atom stereocenters. The summed E-state index contributed by atoms with van der Waals surface area (Å²) >= 11 is 5.84. The zero-order valence-electron chi connectivity index (χ0n) is 9.44. The summed E-state index contributed by atoms with van der Waals surface area (Å²) in [4.78, 5) is 21.8. The third kappa shape index (κ3) is 3.64. The van der Waals surface area contributed by atoms with E-state index in [1.54, 1.807) is 6.92 Å². The van der Waals surface area contributed by atoms with Crippen molar-refractivity contribution in [1.29, 1.82) is 0 Å². The normalized spacial score (nSPS) is 34.2. The van der Waals surface area contributed by atoms with Crippen molar-refractivity contribution in [3.05, 3.63) is 0 Å². The maximum absolute atomic E-state index is 10.9. The lowest BCUT2D eigenvalue weighted by atomic mass is 10.0. The first kappa shape index (κ1) is 13.3. The Morgan fingerprint density at radius 3 is 2.31 bits per heavy atom. The van der Waals surface area contributed by atoms with Crippen LogP contribution in [-0.2, 0) is 23.8 Å². The molecule has 1 aliphatic heterocycles. The van der Waals surface area contributed by atoms with Crippen molar-refractivity contribution < 1.29 is 23.8 Å². The first-order valence-corrected chi connectivity index (χ1v) is 5.47. The molecule has 0 aromatic carbocycles. The Morgan fingerprint density at radius 2 is 1.81 bits per heavy atom. The van der Waals surface area contributed by atoms with Crippen molar-refractivity contribution in [3.63, 3.8) is 0 Å². The number of alkyl halides is 1. The predicted molar refractivity (Wildman–Crippen MR) is 55.9 cm³/mol. The fourth-order valence-electron chi connectivity index (χ4n) is 1.68. The lowest BCUT2D eigenvalue weighted by molar-refractivity contribution is -0.195. The van der Waals surface area contributed by atoms with Gasteiger partial charge in [-0.15, -0.1) is 0 Å². The van der Waals surface area contributed by atoms with E-state index >= 15 is 0 Å². The number of rotatable bonds is 2. The molecule has 1 heterocycles. The Hall–Kier alpha value is -0.810. The topological polar surface area (TPSA) is 61.8 Å². The average molecular weight is 251 g/mol. The first-order chi connectivity index (χ1) is 7.40. The summed E-state index contributed by atoms with van der Waals surface area (Å²) < 4.78 is 15.4. The Labute approximate surface area is 99.0 Å². The molecule has 0 aromatic heterocycles. The van der Waals surface area contributed by atoms with Crippen molar-refractivity contribution in [2.75, 3.05) is 0 Å². The van der Waals surface area contributed by atoms with E-state index in [-0.39, 0.29) is 0 Å². The van der Waals surface area contributed by atoms with Gasteiger partial charge in [-0.2, -0.15) is 0 Å². The Kier molecular flexibility index (Phi) is 4.56. The molecule has 16 heavy (non-hydrogen) atoms. The smallest absolute Gasteiger partial charge is 0.303 e. The Bertz CT molecular complexity index is 280. The van der Waals surface area contributed by atoms with Gasteiger partial charge >= 0.3 is 11.9 Å². The summed E-state index contributed by atoms with van der Waals surface area (Å²) in [6.07, 6.45) is -1.24. The second-order valence-corrected chi connectivity index (χ2v) is 4.20. The van der Waals surface area contributed by atoms with Crippen LogP contribution in [0.4, 0.5) is 0 Å². The summed E-state index contributed by atoms with van der Waals surface area (Å²) in [5, 5.41) is 0. The molecule has 6 heteroatoms. The number of hydrogen-bond acceptors (Lipinski definition) is 5. The van der Waals surface area contributed by atoms with Gasteiger partial charge in [0, 0.05) is 20.3 Å². The Morgan fingerprint density at radius 1 is 1.25 bits per heavy atom. The van der Waals surface area contributed by atoms with Crippen LogP contribution in [0.1, 0.15) is 27.2 Å². The molecule has 92 valence electrons. The van der Waals surface area contributed by atoms with Gasteiger partial charge in [-0.25, -0.2) is 0 Å². The highest BCUT2D eigenvalue weighted by Gasteiger charge is 2.40. The predicted octanol–water partition coefficient (Wildman–Crippen LogP) is 1.22. The zero-order chi connectivity index (χ0) is 12.3. The molecular formula is C10H15ClO5. The van der Waals surface area contributed by atoms with Crippen molar-refractivity contribution in [3.8, 4) is 0 Å². The highest BCUT2D eigenvalue weighted by atomic mass is 35.5. The molecule has 5 nitrogen and oxygen atoms in total. The molecule has 1 aliphatic rings. The third-order valence-electron chi connectivity index (χ3n) is 2.23. The minimum absolute atomic E-state index is 0.309. The second kappa shape index (κ2) is 5.50. The molecular weight excluding hydrogens is 236 g/mol. The minimum Gasteiger partial charge on any atom is -0.458 e. The molecule has 0 aromatic rings. The van der Waals surface area contributed by atoms with Gasteiger partial charge in [0.25, 0.3) is 0 Å². The van der Waals surface area contributed by atoms with Crippen LogP contribution < -0.4 is 0 Å². The molecule has 1 fully saturated rings. The van der Waals surface area contributed by atoms with Gasteiger partial charge in [0.05, 0.1) is 6.10 Å². The number of hydrogen-bond donors (Lipinski definition) is 0. The molecule has 0 radical (unpaired) electrons. The maximum atomic E-state index is 10.9. The quantitative estimate of drug-likeness (QED) is 0.545. The van der Waals surface area contributed by atoms with E-state index in [1.807, 2.05) is 0 Å². The van der Waals surface area contributed by atoms with Crippen molar-refractivity contribution >= 4 is 23.5 Å². The number of esters is 2. The molecule has 4 atom stereocenters. The number of ether oxygens (including phenoxy) is 3.